The predicted octanol–water partition coefficient (Wildman–Crippen LogP) is 10.6. The minimum atomic E-state index is -0.526. The van der Waals surface area contributed by atoms with Gasteiger partial charge in [-0.15, -0.1) is 0 Å². The number of aliphatic hydroxyl groups excluding tert-OH is 1. The Morgan fingerprint density at radius 2 is 1.00 bits per heavy atom. The number of carbonyl (C=O) groups is 1. The van der Waals surface area contributed by atoms with Gasteiger partial charge in [0.2, 0.25) is 0 Å². The minimum Gasteiger partial charge on any atom is -0.457 e. The van der Waals surface area contributed by atoms with Gasteiger partial charge in [-0.1, -0.05) is 148 Å². The normalized spacial score (nSPS) is 12.4. The molecule has 0 aromatic heterocycles. The van der Waals surface area contributed by atoms with Crippen molar-refractivity contribution < 1.29 is 19.4 Å². The van der Waals surface area contributed by atoms with Crippen molar-refractivity contribution in [2.24, 2.45) is 0 Å². The highest BCUT2D eigenvalue weighted by Crippen LogP contribution is 2.13. The van der Waals surface area contributed by atoms with Gasteiger partial charge in [-0.05, 0) is 38.5 Å². The van der Waals surface area contributed by atoms with Gasteiger partial charge in [-0.3, -0.25) is 4.79 Å². The van der Waals surface area contributed by atoms with Crippen LogP contribution in [0, 0.1) is 0 Å². The van der Waals surface area contributed by atoms with E-state index in [1.165, 1.54) is 141 Å². The van der Waals surface area contributed by atoms with E-state index in [9.17, 15) is 9.90 Å². The Labute approximate surface area is 244 Å². The van der Waals surface area contributed by atoms with Crippen LogP contribution in [0.3, 0.4) is 0 Å². The van der Waals surface area contributed by atoms with E-state index in [2.05, 4.69) is 26.0 Å². The number of carbonyl (C=O) groups excluding carboxylic acids is 1. The van der Waals surface area contributed by atoms with Gasteiger partial charge in [0.15, 0.2) is 0 Å². The standard InChI is InChI=1S/C35H68O4/c1-3-5-7-9-11-13-14-15-16-17-18-19-20-21-22-23-24-26-28-30-35(37)39-34(32-36)33-38-31-29-27-25-12-10-8-6-4-2/h15-16,34,36H,3-14,17-33H2,1-2H3/b16-15-. The van der Waals surface area contributed by atoms with E-state index in [1.54, 1.807) is 0 Å². The van der Waals surface area contributed by atoms with Gasteiger partial charge in [0.1, 0.15) is 6.10 Å². The number of aliphatic hydroxyl groups is 1. The van der Waals surface area contributed by atoms with E-state index in [0.29, 0.717) is 19.6 Å². The molecule has 0 aliphatic heterocycles. The molecule has 0 amide bonds. The molecule has 0 fully saturated rings. The molecule has 0 saturated carbocycles. The Morgan fingerprint density at radius 1 is 0.590 bits per heavy atom. The van der Waals surface area contributed by atoms with Crippen LogP contribution in [0.25, 0.3) is 0 Å². The summed E-state index contributed by atoms with van der Waals surface area (Å²) < 4.78 is 11.0. The quantitative estimate of drug-likeness (QED) is 0.0512. The molecule has 0 aliphatic rings. The van der Waals surface area contributed by atoms with Crippen molar-refractivity contribution in [1.29, 1.82) is 0 Å². The smallest absolute Gasteiger partial charge is 0.306 e. The zero-order valence-corrected chi connectivity index (χ0v) is 26.4. The number of unbranched alkanes of at least 4 members (excludes halogenated alkanes) is 22. The lowest BCUT2D eigenvalue weighted by Gasteiger charge is -2.16. The van der Waals surface area contributed by atoms with Crippen molar-refractivity contribution in [3.05, 3.63) is 12.2 Å². The van der Waals surface area contributed by atoms with Gasteiger partial charge in [-0.25, -0.2) is 0 Å². The van der Waals surface area contributed by atoms with Crippen LogP contribution >= 0.6 is 0 Å². The molecule has 0 radical (unpaired) electrons. The zero-order valence-electron chi connectivity index (χ0n) is 26.4. The van der Waals surface area contributed by atoms with Crippen LogP contribution in [0.2, 0.25) is 0 Å². The van der Waals surface area contributed by atoms with Crippen molar-refractivity contribution in [1.82, 2.24) is 0 Å². The third kappa shape index (κ3) is 31.5. The highest BCUT2D eigenvalue weighted by Gasteiger charge is 2.13. The van der Waals surface area contributed by atoms with Gasteiger partial charge >= 0.3 is 5.97 Å². The van der Waals surface area contributed by atoms with Gasteiger partial charge in [0.25, 0.3) is 0 Å². The first-order valence-corrected chi connectivity index (χ1v) is 17.3. The fraction of sp³-hybridized carbons (Fsp3) is 0.914. The number of hydrogen-bond donors (Lipinski definition) is 1. The molecule has 1 unspecified atom stereocenters. The molecule has 0 saturated heterocycles. The number of esters is 1. The molecular formula is C35H68O4. The highest BCUT2D eigenvalue weighted by atomic mass is 16.6. The molecule has 0 aliphatic carbocycles. The molecule has 0 rings (SSSR count). The maximum absolute atomic E-state index is 12.1. The molecule has 0 heterocycles. The molecule has 0 aromatic rings. The molecule has 0 spiro atoms. The maximum atomic E-state index is 12.1. The predicted molar refractivity (Wildman–Crippen MR) is 168 cm³/mol. The number of ether oxygens (including phenoxy) is 2. The molecule has 4 heteroatoms. The Kier molecular flexibility index (Phi) is 32.6. The highest BCUT2D eigenvalue weighted by molar-refractivity contribution is 5.69. The van der Waals surface area contributed by atoms with E-state index in [1.807, 2.05) is 0 Å². The summed E-state index contributed by atoms with van der Waals surface area (Å²) in [6.07, 6.45) is 36.8. The summed E-state index contributed by atoms with van der Waals surface area (Å²) in [5.41, 5.74) is 0. The molecular weight excluding hydrogens is 484 g/mol. The van der Waals surface area contributed by atoms with E-state index < -0.39 is 6.10 Å². The molecule has 4 nitrogen and oxygen atoms in total. The lowest BCUT2D eigenvalue weighted by atomic mass is 10.1. The second kappa shape index (κ2) is 33.3. The monoisotopic (exact) mass is 553 g/mol. The fourth-order valence-electron chi connectivity index (χ4n) is 4.97. The molecule has 1 atom stereocenters. The first-order valence-electron chi connectivity index (χ1n) is 17.3. The van der Waals surface area contributed by atoms with Crippen LogP contribution in [0.5, 0.6) is 0 Å². The lowest BCUT2D eigenvalue weighted by molar-refractivity contribution is -0.154. The number of rotatable bonds is 32. The molecule has 1 N–H and O–H groups in total. The van der Waals surface area contributed by atoms with Crippen LogP contribution in [-0.4, -0.2) is 37.0 Å². The van der Waals surface area contributed by atoms with Crippen molar-refractivity contribution >= 4 is 5.97 Å². The van der Waals surface area contributed by atoms with Crippen molar-refractivity contribution in [3.8, 4) is 0 Å². The van der Waals surface area contributed by atoms with Gasteiger partial charge in [-0.2, -0.15) is 0 Å². The first-order chi connectivity index (χ1) is 19.2. The average Bonchev–Trinajstić information content (AvgIpc) is 2.94. The Balaban J connectivity index is 3.40. The van der Waals surface area contributed by atoms with Gasteiger partial charge < -0.3 is 14.6 Å². The van der Waals surface area contributed by atoms with Crippen LogP contribution in [0.1, 0.15) is 181 Å². The average molecular weight is 553 g/mol. The van der Waals surface area contributed by atoms with Crippen LogP contribution in [0.4, 0.5) is 0 Å². The van der Waals surface area contributed by atoms with E-state index in [4.69, 9.17) is 9.47 Å². The zero-order chi connectivity index (χ0) is 28.5. The molecule has 232 valence electrons. The van der Waals surface area contributed by atoms with E-state index >= 15 is 0 Å². The summed E-state index contributed by atoms with van der Waals surface area (Å²) >= 11 is 0. The third-order valence-corrected chi connectivity index (χ3v) is 7.59. The van der Waals surface area contributed by atoms with Crippen molar-refractivity contribution in [2.75, 3.05) is 19.8 Å². The van der Waals surface area contributed by atoms with E-state index in [0.717, 1.165) is 19.3 Å². The van der Waals surface area contributed by atoms with Gasteiger partial charge in [0.05, 0.1) is 13.2 Å². The lowest BCUT2D eigenvalue weighted by Crippen LogP contribution is -2.27. The number of allylic oxidation sites excluding steroid dienone is 2. The largest absolute Gasteiger partial charge is 0.457 e. The second-order valence-corrected chi connectivity index (χ2v) is 11.6. The summed E-state index contributed by atoms with van der Waals surface area (Å²) in [7, 11) is 0. The Bertz CT molecular complexity index is 505. The van der Waals surface area contributed by atoms with Crippen LogP contribution in [-0.2, 0) is 14.3 Å². The second-order valence-electron chi connectivity index (χ2n) is 11.6. The molecule has 39 heavy (non-hydrogen) atoms. The SMILES string of the molecule is CCCCCCCC/C=C\CCCCCCCCCCCC(=O)OC(CO)COCCCCCCCCCC. The fourth-order valence-corrected chi connectivity index (χ4v) is 4.97. The summed E-state index contributed by atoms with van der Waals surface area (Å²) in [5.74, 6) is -0.203. The molecule has 0 bridgehead atoms. The third-order valence-electron chi connectivity index (χ3n) is 7.59. The van der Waals surface area contributed by atoms with Gasteiger partial charge in [0, 0.05) is 13.0 Å². The first kappa shape index (κ1) is 38.1. The summed E-state index contributed by atoms with van der Waals surface area (Å²) in [4.78, 5) is 12.1. The Hall–Kier alpha value is -0.870. The summed E-state index contributed by atoms with van der Waals surface area (Å²) in [5, 5.41) is 9.49. The van der Waals surface area contributed by atoms with Crippen molar-refractivity contribution in [3.63, 3.8) is 0 Å². The maximum Gasteiger partial charge on any atom is 0.306 e. The molecule has 0 aromatic carbocycles. The minimum absolute atomic E-state index is 0.168. The van der Waals surface area contributed by atoms with E-state index in [-0.39, 0.29) is 12.6 Å². The topological polar surface area (TPSA) is 55.8 Å². The number of hydrogen-bond acceptors (Lipinski definition) is 4. The summed E-state index contributed by atoms with van der Waals surface area (Å²) in [6, 6.07) is 0. The van der Waals surface area contributed by atoms with Crippen molar-refractivity contribution in [2.45, 2.75) is 187 Å². The Morgan fingerprint density at radius 3 is 1.46 bits per heavy atom. The van der Waals surface area contributed by atoms with Crippen LogP contribution < -0.4 is 0 Å². The van der Waals surface area contributed by atoms with Crippen LogP contribution in [0.15, 0.2) is 12.2 Å². The summed E-state index contributed by atoms with van der Waals surface area (Å²) in [6.45, 7) is 5.33.